The van der Waals surface area contributed by atoms with Crippen molar-refractivity contribution in [3.63, 3.8) is 0 Å². The maximum Gasteiger partial charge on any atom is 0.410 e. The summed E-state index contributed by atoms with van der Waals surface area (Å²) in [6.07, 6.45) is 1.20. The Hall–Kier alpha value is -0.850. The predicted molar refractivity (Wildman–Crippen MR) is 83.8 cm³/mol. The predicted octanol–water partition coefficient (Wildman–Crippen LogP) is 1.47. The second kappa shape index (κ2) is 7.15. The lowest BCUT2D eigenvalue weighted by atomic mass is 10.00. The van der Waals surface area contributed by atoms with Crippen LogP contribution < -0.4 is 0 Å². The number of carbonyl (C=O) groups excluding carboxylic acids is 1. The van der Waals surface area contributed by atoms with Crippen LogP contribution in [-0.2, 0) is 9.47 Å². The smallest absolute Gasteiger partial charge is 0.410 e. The van der Waals surface area contributed by atoms with Gasteiger partial charge in [-0.15, -0.1) is 0 Å². The number of likely N-dealkylation sites (tertiary alicyclic amines) is 1. The molecule has 0 aromatic heterocycles. The molecule has 0 saturated carbocycles. The third-order valence-electron chi connectivity index (χ3n) is 4.40. The van der Waals surface area contributed by atoms with Crippen molar-refractivity contribution in [2.45, 2.75) is 64.3 Å². The molecular formula is C16H30N2O4. The minimum absolute atomic E-state index is 0.0862. The van der Waals surface area contributed by atoms with Crippen LogP contribution in [0.2, 0.25) is 0 Å². The number of hydrogen-bond donors (Lipinski definition) is 1. The van der Waals surface area contributed by atoms with E-state index in [9.17, 15) is 9.90 Å². The molecule has 22 heavy (non-hydrogen) atoms. The van der Waals surface area contributed by atoms with Crippen LogP contribution in [0.1, 0.15) is 40.5 Å². The Balaban J connectivity index is 1.86. The molecule has 1 N–H and O–H groups in total. The highest BCUT2D eigenvalue weighted by atomic mass is 16.6. The molecule has 0 aliphatic carbocycles. The number of nitrogens with zero attached hydrogens (tertiary/aromatic N) is 2. The summed E-state index contributed by atoms with van der Waals surface area (Å²) in [5, 5.41) is 10.0. The topological polar surface area (TPSA) is 62.2 Å². The van der Waals surface area contributed by atoms with Crippen LogP contribution in [0.15, 0.2) is 0 Å². The van der Waals surface area contributed by atoms with Gasteiger partial charge < -0.3 is 19.5 Å². The van der Waals surface area contributed by atoms with Gasteiger partial charge in [0.25, 0.3) is 0 Å². The molecule has 2 rings (SSSR count). The van der Waals surface area contributed by atoms with Crippen LogP contribution in [0.5, 0.6) is 0 Å². The van der Waals surface area contributed by atoms with Crippen molar-refractivity contribution in [3.05, 3.63) is 0 Å². The highest BCUT2D eigenvalue weighted by molar-refractivity contribution is 5.68. The number of amides is 1. The van der Waals surface area contributed by atoms with Crippen molar-refractivity contribution in [1.29, 1.82) is 0 Å². The van der Waals surface area contributed by atoms with Gasteiger partial charge in [0, 0.05) is 19.1 Å². The molecule has 0 unspecified atom stereocenters. The highest BCUT2D eigenvalue weighted by Crippen LogP contribution is 2.24. The molecule has 2 heterocycles. The minimum Gasteiger partial charge on any atom is -0.444 e. The van der Waals surface area contributed by atoms with Gasteiger partial charge in [-0.25, -0.2) is 4.79 Å². The Morgan fingerprint density at radius 2 is 1.95 bits per heavy atom. The standard InChI is InChI=1S/C16H30N2O4/c1-5-18(13-10-21-11-14(13)19)12-6-8-17(9-7-12)15(20)22-16(2,3)4/h12-14,19H,5-11H2,1-4H3/t13-,14-/m1/s1. The quantitative estimate of drug-likeness (QED) is 0.855. The third-order valence-corrected chi connectivity index (χ3v) is 4.40. The van der Waals surface area contributed by atoms with E-state index in [1.54, 1.807) is 4.90 Å². The summed E-state index contributed by atoms with van der Waals surface area (Å²) >= 11 is 0. The first-order chi connectivity index (χ1) is 10.3. The maximum absolute atomic E-state index is 12.1. The van der Waals surface area contributed by atoms with E-state index in [0.29, 0.717) is 32.3 Å². The number of carbonyl (C=O) groups is 1. The van der Waals surface area contributed by atoms with Crippen molar-refractivity contribution in [3.8, 4) is 0 Å². The van der Waals surface area contributed by atoms with E-state index in [2.05, 4.69) is 11.8 Å². The van der Waals surface area contributed by atoms with Crippen molar-refractivity contribution in [2.75, 3.05) is 32.8 Å². The number of piperidine rings is 1. The molecule has 6 nitrogen and oxygen atoms in total. The molecule has 128 valence electrons. The molecule has 2 aliphatic heterocycles. The number of aliphatic hydroxyl groups excluding tert-OH is 1. The fourth-order valence-corrected chi connectivity index (χ4v) is 3.32. The Morgan fingerprint density at radius 3 is 2.41 bits per heavy atom. The van der Waals surface area contributed by atoms with Gasteiger partial charge in [0.15, 0.2) is 0 Å². The lowest BCUT2D eigenvalue weighted by molar-refractivity contribution is 0.00348. The van der Waals surface area contributed by atoms with Gasteiger partial charge in [-0.05, 0) is 40.2 Å². The van der Waals surface area contributed by atoms with Gasteiger partial charge in [-0.1, -0.05) is 6.92 Å². The Kier molecular flexibility index (Phi) is 5.69. The molecule has 0 spiro atoms. The second-order valence-electron chi connectivity index (χ2n) is 7.20. The normalized spacial score (nSPS) is 27.5. The van der Waals surface area contributed by atoms with Gasteiger partial charge >= 0.3 is 6.09 Å². The summed E-state index contributed by atoms with van der Waals surface area (Å²) in [6, 6.07) is 0.480. The molecule has 2 saturated heterocycles. The number of aliphatic hydroxyl groups is 1. The van der Waals surface area contributed by atoms with Crippen molar-refractivity contribution in [1.82, 2.24) is 9.80 Å². The molecule has 0 radical (unpaired) electrons. The number of ether oxygens (including phenoxy) is 2. The van der Waals surface area contributed by atoms with E-state index in [-0.39, 0.29) is 12.1 Å². The molecule has 2 aliphatic rings. The monoisotopic (exact) mass is 314 g/mol. The number of rotatable bonds is 3. The second-order valence-corrected chi connectivity index (χ2v) is 7.20. The van der Waals surface area contributed by atoms with Gasteiger partial charge in [0.1, 0.15) is 5.60 Å². The largest absolute Gasteiger partial charge is 0.444 e. The lowest BCUT2D eigenvalue weighted by Gasteiger charge is -2.41. The van der Waals surface area contributed by atoms with E-state index in [1.807, 2.05) is 20.8 Å². The van der Waals surface area contributed by atoms with Crippen molar-refractivity contribution in [2.24, 2.45) is 0 Å². The zero-order chi connectivity index (χ0) is 16.3. The van der Waals surface area contributed by atoms with Crippen LogP contribution in [0.4, 0.5) is 4.79 Å². The Labute approximate surface area is 133 Å². The van der Waals surface area contributed by atoms with Gasteiger partial charge in [0.2, 0.25) is 0 Å². The summed E-state index contributed by atoms with van der Waals surface area (Å²) in [5.74, 6) is 0. The molecule has 6 heteroatoms. The highest BCUT2D eigenvalue weighted by Gasteiger charge is 2.37. The zero-order valence-electron chi connectivity index (χ0n) is 14.2. The number of likely N-dealkylation sites (N-methyl/N-ethyl adjacent to an activating group) is 1. The summed E-state index contributed by atoms with van der Waals surface area (Å²) < 4.78 is 10.8. The minimum atomic E-state index is -0.450. The van der Waals surface area contributed by atoms with Crippen molar-refractivity contribution >= 4 is 6.09 Å². The van der Waals surface area contributed by atoms with Gasteiger partial charge in [-0.2, -0.15) is 0 Å². The fourth-order valence-electron chi connectivity index (χ4n) is 3.32. The molecule has 2 atom stereocenters. The molecule has 2 fully saturated rings. The summed E-state index contributed by atoms with van der Waals surface area (Å²) in [4.78, 5) is 16.2. The average molecular weight is 314 g/mol. The zero-order valence-corrected chi connectivity index (χ0v) is 14.2. The van der Waals surface area contributed by atoms with Crippen molar-refractivity contribution < 1.29 is 19.4 Å². The van der Waals surface area contributed by atoms with Crippen LogP contribution in [0.25, 0.3) is 0 Å². The first-order valence-electron chi connectivity index (χ1n) is 8.31. The van der Waals surface area contributed by atoms with Gasteiger partial charge in [-0.3, -0.25) is 4.90 Å². The molecule has 0 aromatic rings. The average Bonchev–Trinajstić information content (AvgIpc) is 2.85. The van der Waals surface area contributed by atoms with Crippen LogP contribution in [0.3, 0.4) is 0 Å². The van der Waals surface area contributed by atoms with E-state index in [1.165, 1.54) is 0 Å². The van der Waals surface area contributed by atoms with E-state index >= 15 is 0 Å². The van der Waals surface area contributed by atoms with E-state index in [0.717, 1.165) is 19.4 Å². The first-order valence-corrected chi connectivity index (χ1v) is 8.31. The van der Waals surface area contributed by atoms with Crippen LogP contribution >= 0.6 is 0 Å². The maximum atomic E-state index is 12.1. The molecule has 0 bridgehead atoms. The molecular weight excluding hydrogens is 284 g/mol. The lowest BCUT2D eigenvalue weighted by Crippen LogP contribution is -2.53. The summed E-state index contributed by atoms with van der Waals surface area (Å²) in [7, 11) is 0. The Bertz CT molecular complexity index is 375. The van der Waals surface area contributed by atoms with E-state index < -0.39 is 11.7 Å². The molecule has 1 amide bonds. The van der Waals surface area contributed by atoms with Crippen LogP contribution in [0, 0.1) is 0 Å². The first kappa shape index (κ1) is 17.5. The van der Waals surface area contributed by atoms with E-state index in [4.69, 9.17) is 9.47 Å². The fraction of sp³-hybridized carbons (Fsp3) is 0.938. The molecule has 0 aromatic carbocycles. The summed E-state index contributed by atoms with van der Waals surface area (Å²) in [6.45, 7) is 11.1. The third kappa shape index (κ3) is 4.33. The SMILES string of the molecule is CCN(C1CCN(C(=O)OC(C)(C)C)CC1)[C@@H]1COC[C@H]1O. The Morgan fingerprint density at radius 1 is 1.32 bits per heavy atom. The van der Waals surface area contributed by atoms with Crippen LogP contribution in [-0.4, -0.2) is 77.6 Å². The summed E-state index contributed by atoms with van der Waals surface area (Å²) in [5.41, 5.74) is -0.450. The number of hydrogen-bond acceptors (Lipinski definition) is 5. The van der Waals surface area contributed by atoms with Gasteiger partial charge in [0.05, 0.1) is 25.4 Å².